The smallest absolute Gasteiger partial charge is 0.365 e. The van der Waals surface area contributed by atoms with Crippen LogP contribution in [0.2, 0.25) is 5.02 Å². The van der Waals surface area contributed by atoms with Gasteiger partial charge in [0.1, 0.15) is 5.82 Å². The fraction of sp³-hybridized carbons (Fsp3) is 0.412. The predicted molar refractivity (Wildman–Crippen MR) is 91.6 cm³/mol. The van der Waals surface area contributed by atoms with Crippen LogP contribution in [0.5, 0.6) is 0 Å². The zero-order valence-electron chi connectivity index (χ0n) is 13.6. The lowest BCUT2D eigenvalue weighted by Gasteiger charge is -2.30. The third-order valence-corrected chi connectivity index (χ3v) is 4.44. The van der Waals surface area contributed by atoms with Gasteiger partial charge in [-0.2, -0.15) is 13.2 Å². The van der Waals surface area contributed by atoms with Crippen LogP contribution in [0.25, 0.3) is 11.3 Å². The summed E-state index contributed by atoms with van der Waals surface area (Å²) in [7, 11) is 2.06. The van der Waals surface area contributed by atoms with E-state index in [0.717, 1.165) is 32.0 Å². The number of nitrogens with zero attached hydrogens (tertiary/aromatic N) is 3. The number of halogens is 4. The van der Waals surface area contributed by atoms with Crippen LogP contribution in [0.4, 0.5) is 19.0 Å². The van der Waals surface area contributed by atoms with Crippen molar-refractivity contribution in [2.75, 3.05) is 25.5 Å². The molecule has 3 rings (SSSR count). The Labute approximate surface area is 149 Å². The first kappa shape index (κ1) is 17.9. The number of hydrogen-bond acceptors (Lipinski definition) is 4. The number of alkyl halides is 3. The summed E-state index contributed by atoms with van der Waals surface area (Å²) in [6.07, 6.45) is -2.38. The van der Waals surface area contributed by atoms with Gasteiger partial charge < -0.3 is 10.2 Å². The van der Waals surface area contributed by atoms with E-state index >= 15 is 0 Å². The van der Waals surface area contributed by atoms with Gasteiger partial charge in [-0.25, -0.2) is 0 Å². The van der Waals surface area contributed by atoms with Crippen LogP contribution in [-0.4, -0.2) is 41.3 Å². The molecule has 0 amide bonds. The van der Waals surface area contributed by atoms with Gasteiger partial charge in [0, 0.05) is 23.2 Å². The van der Waals surface area contributed by atoms with Crippen molar-refractivity contribution in [3.63, 3.8) is 0 Å². The molecule has 0 aliphatic carbocycles. The molecule has 8 heteroatoms. The van der Waals surface area contributed by atoms with Crippen molar-refractivity contribution < 1.29 is 13.2 Å². The third-order valence-electron chi connectivity index (χ3n) is 4.20. The van der Waals surface area contributed by atoms with Crippen LogP contribution in [0.1, 0.15) is 18.4 Å². The molecular weight excluding hydrogens is 353 g/mol. The first-order chi connectivity index (χ1) is 11.8. The maximum Gasteiger partial charge on any atom is 0.417 e. The molecule has 0 spiro atoms. The molecule has 2 aromatic rings. The highest BCUT2D eigenvalue weighted by molar-refractivity contribution is 6.30. The summed E-state index contributed by atoms with van der Waals surface area (Å²) in [5, 5.41) is 11.3. The second-order valence-electron chi connectivity index (χ2n) is 6.24. The average molecular weight is 371 g/mol. The highest BCUT2D eigenvalue weighted by atomic mass is 35.5. The van der Waals surface area contributed by atoms with Crippen molar-refractivity contribution in [2.45, 2.75) is 25.1 Å². The van der Waals surface area contributed by atoms with Crippen LogP contribution < -0.4 is 5.32 Å². The molecule has 0 radical (unpaired) electrons. The van der Waals surface area contributed by atoms with Crippen molar-refractivity contribution in [3.05, 3.63) is 40.9 Å². The summed E-state index contributed by atoms with van der Waals surface area (Å²) in [5.74, 6) is 0.562. The highest BCUT2D eigenvalue weighted by Crippen LogP contribution is 2.37. The number of likely N-dealkylation sites (N-methyl/N-ethyl adjacent to an activating group) is 1. The molecule has 1 atom stereocenters. The monoisotopic (exact) mass is 370 g/mol. The molecule has 2 heterocycles. The molecule has 1 N–H and O–H groups in total. The number of anilines is 1. The van der Waals surface area contributed by atoms with E-state index in [1.807, 2.05) is 0 Å². The Morgan fingerprint density at radius 3 is 2.64 bits per heavy atom. The van der Waals surface area contributed by atoms with Crippen LogP contribution in [0.3, 0.4) is 0 Å². The predicted octanol–water partition coefficient (Wildman–Crippen LogP) is 4.32. The zero-order chi connectivity index (χ0) is 18.0. The minimum absolute atomic E-state index is 0.0312. The molecule has 25 heavy (non-hydrogen) atoms. The molecule has 1 aromatic heterocycles. The standard InChI is InChI=1S/C17H18ClF3N4/c1-25-8-2-3-12(10-25)22-16-7-6-15(23-24-16)13-5-4-11(18)9-14(13)17(19,20)21/h4-7,9,12H,2-3,8,10H2,1H3,(H,22,24)/t12-/m1/s1. The molecule has 1 aliphatic heterocycles. The van der Waals surface area contributed by atoms with E-state index in [1.54, 1.807) is 12.1 Å². The minimum Gasteiger partial charge on any atom is -0.365 e. The number of piperidine rings is 1. The van der Waals surface area contributed by atoms with E-state index < -0.39 is 11.7 Å². The lowest BCUT2D eigenvalue weighted by molar-refractivity contribution is -0.137. The Hall–Kier alpha value is -1.86. The number of aromatic nitrogens is 2. The molecule has 0 unspecified atom stereocenters. The molecule has 0 saturated carbocycles. The van der Waals surface area contributed by atoms with Gasteiger partial charge in [-0.05, 0) is 50.7 Å². The summed E-state index contributed by atoms with van der Waals surface area (Å²) in [5.41, 5.74) is -0.687. The second kappa shape index (κ2) is 7.17. The van der Waals surface area contributed by atoms with E-state index in [2.05, 4.69) is 27.5 Å². The van der Waals surface area contributed by atoms with Gasteiger partial charge in [0.25, 0.3) is 0 Å². The Bertz CT molecular complexity index is 734. The molecule has 1 saturated heterocycles. The number of nitrogens with one attached hydrogen (secondary N) is 1. The van der Waals surface area contributed by atoms with Crippen molar-refractivity contribution in [1.29, 1.82) is 0 Å². The average Bonchev–Trinajstić information content (AvgIpc) is 2.55. The summed E-state index contributed by atoms with van der Waals surface area (Å²) >= 11 is 5.71. The van der Waals surface area contributed by atoms with Crippen LogP contribution >= 0.6 is 11.6 Å². The fourth-order valence-corrected chi connectivity index (χ4v) is 3.19. The van der Waals surface area contributed by atoms with E-state index in [4.69, 9.17) is 11.6 Å². The number of hydrogen-bond donors (Lipinski definition) is 1. The van der Waals surface area contributed by atoms with Gasteiger partial charge in [0.05, 0.1) is 11.3 Å². The van der Waals surface area contributed by atoms with Crippen molar-refractivity contribution in [1.82, 2.24) is 15.1 Å². The second-order valence-corrected chi connectivity index (χ2v) is 6.67. The Kier molecular flexibility index (Phi) is 5.15. The van der Waals surface area contributed by atoms with E-state index in [-0.39, 0.29) is 22.3 Å². The van der Waals surface area contributed by atoms with Crippen molar-refractivity contribution in [2.24, 2.45) is 0 Å². The van der Waals surface area contributed by atoms with Gasteiger partial charge in [0.15, 0.2) is 0 Å². The van der Waals surface area contributed by atoms with Crippen LogP contribution in [0.15, 0.2) is 30.3 Å². The van der Waals surface area contributed by atoms with E-state index in [1.165, 1.54) is 12.1 Å². The topological polar surface area (TPSA) is 41.0 Å². The number of likely N-dealkylation sites (tertiary alicyclic amines) is 1. The maximum absolute atomic E-state index is 13.2. The Morgan fingerprint density at radius 2 is 2.00 bits per heavy atom. The van der Waals surface area contributed by atoms with Gasteiger partial charge in [-0.3, -0.25) is 0 Å². The number of rotatable bonds is 3. The molecule has 1 aliphatic rings. The molecule has 1 aromatic carbocycles. The zero-order valence-corrected chi connectivity index (χ0v) is 14.4. The highest BCUT2D eigenvalue weighted by Gasteiger charge is 2.34. The van der Waals surface area contributed by atoms with Crippen molar-refractivity contribution in [3.8, 4) is 11.3 Å². The molecule has 134 valence electrons. The lowest BCUT2D eigenvalue weighted by atomic mass is 10.0. The fourth-order valence-electron chi connectivity index (χ4n) is 3.02. The van der Waals surface area contributed by atoms with Gasteiger partial charge in [0.2, 0.25) is 0 Å². The summed E-state index contributed by atoms with van der Waals surface area (Å²) in [4.78, 5) is 2.23. The molecule has 4 nitrogen and oxygen atoms in total. The third kappa shape index (κ3) is 4.41. The largest absolute Gasteiger partial charge is 0.417 e. The van der Waals surface area contributed by atoms with Gasteiger partial charge >= 0.3 is 6.18 Å². The molecular formula is C17H18ClF3N4. The number of benzene rings is 1. The Balaban J connectivity index is 1.81. The Morgan fingerprint density at radius 1 is 1.20 bits per heavy atom. The normalized spacial score (nSPS) is 19.0. The van der Waals surface area contributed by atoms with E-state index in [0.29, 0.717) is 5.82 Å². The van der Waals surface area contributed by atoms with Crippen LogP contribution in [-0.2, 0) is 6.18 Å². The first-order valence-electron chi connectivity index (χ1n) is 7.99. The SMILES string of the molecule is CN1CCC[C@@H](Nc2ccc(-c3ccc(Cl)cc3C(F)(F)F)nn2)C1. The van der Waals surface area contributed by atoms with Gasteiger partial charge in [-0.1, -0.05) is 17.7 Å². The van der Waals surface area contributed by atoms with E-state index in [9.17, 15) is 13.2 Å². The summed E-state index contributed by atoms with van der Waals surface area (Å²) < 4.78 is 39.6. The summed E-state index contributed by atoms with van der Waals surface area (Å²) in [6, 6.07) is 7.10. The first-order valence-corrected chi connectivity index (χ1v) is 8.36. The molecule has 0 bridgehead atoms. The quantitative estimate of drug-likeness (QED) is 0.873. The lowest BCUT2D eigenvalue weighted by Crippen LogP contribution is -2.39. The summed E-state index contributed by atoms with van der Waals surface area (Å²) in [6.45, 7) is 1.97. The van der Waals surface area contributed by atoms with Crippen LogP contribution in [0, 0.1) is 0 Å². The van der Waals surface area contributed by atoms with Crippen molar-refractivity contribution >= 4 is 17.4 Å². The minimum atomic E-state index is -4.51. The van der Waals surface area contributed by atoms with Gasteiger partial charge in [-0.15, -0.1) is 10.2 Å². The maximum atomic E-state index is 13.2. The molecule has 1 fully saturated rings.